The number of rotatable bonds is 5. The van der Waals surface area contributed by atoms with Crippen molar-refractivity contribution in [3.8, 4) is 0 Å². The van der Waals surface area contributed by atoms with Crippen LogP contribution in [-0.4, -0.2) is 40.1 Å². The number of carbonyl (C=O) groups is 1. The van der Waals surface area contributed by atoms with Crippen molar-refractivity contribution in [2.75, 3.05) is 13.2 Å². The number of H-pyrrole nitrogens is 1. The first-order chi connectivity index (χ1) is 9.81. The number of fused-ring (bicyclic) bond motifs is 1. The molecule has 2 N–H and O–H groups in total. The standard InChI is InChI=1S/C16H20N2O2/c19-11-3-10-18(12-4-1-5-12)16(20)14-6-2-7-15-13(14)8-9-17-15/h2,6-9,12,17,19H,1,3-5,10-11H2. The first-order valence-corrected chi connectivity index (χ1v) is 7.29. The predicted octanol–water partition coefficient (Wildman–Crippen LogP) is 2.55. The van der Waals surface area contributed by atoms with Crippen molar-refractivity contribution in [1.29, 1.82) is 0 Å². The second-order valence-corrected chi connectivity index (χ2v) is 5.40. The molecule has 0 aliphatic heterocycles. The van der Waals surface area contributed by atoms with E-state index in [4.69, 9.17) is 5.11 Å². The summed E-state index contributed by atoms with van der Waals surface area (Å²) in [5.74, 6) is 0.0911. The van der Waals surface area contributed by atoms with Crippen LogP contribution in [0.3, 0.4) is 0 Å². The van der Waals surface area contributed by atoms with Crippen LogP contribution in [0.4, 0.5) is 0 Å². The lowest BCUT2D eigenvalue weighted by Gasteiger charge is -2.37. The molecule has 0 atom stereocenters. The van der Waals surface area contributed by atoms with E-state index in [1.165, 1.54) is 6.42 Å². The summed E-state index contributed by atoms with van der Waals surface area (Å²) >= 11 is 0. The summed E-state index contributed by atoms with van der Waals surface area (Å²) in [5.41, 5.74) is 1.75. The Kier molecular flexibility index (Phi) is 3.74. The summed E-state index contributed by atoms with van der Waals surface area (Å²) in [6.45, 7) is 0.770. The highest BCUT2D eigenvalue weighted by molar-refractivity contribution is 6.06. The molecule has 0 unspecified atom stereocenters. The van der Waals surface area contributed by atoms with Crippen molar-refractivity contribution in [2.45, 2.75) is 31.7 Å². The highest BCUT2D eigenvalue weighted by atomic mass is 16.3. The van der Waals surface area contributed by atoms with Gasteiger partial charge in [0, 0.05) is 41.9 Å². The maximum absolute atomic E-state index is 12.8. The van der Waals surface area contributed by atoms with E-state index < -0.39 is 0 Å². The molecule has 4 heteroatoms. The van der Waals surface area contributed by atoms with Crippen molar-refractivity contribution >= 4 is 16.8 Å². The minimum Gasteiger partial charge on any atom is -0.396 e. The first kappa shape index (κ1) is 13.2. The molecule has 1 saturated carbocycles. The zero-order valence-electron chi connectivity index (χ0n) is 11.5. The lowest BCUT2D eigenvalue weighted by Crippen LogP contribution is -2.45. The van der Waals surface area contributed by atoms with Crippen molar-refractivity contribution in [3.05, 3.63) is 36.0 Å². The van der Waals surface area contributed by atoms with Gasteiger partial charge in [-0.3, -0.25) is 4.79 Å². The number of hydrogen-bond acceptors (Lipinski definition) is 2. The molecule has 2 aromatic rings. The van der Waals surface area contributed by atoms with Crippen LogP contribution >= 0.6 is 0 Å². The maximum atomic E-state index is 12.8. The zero-order chi connectivity index (χ0) is 13.9. The fourth-order valence-corrected chi connectivity index (χ4v) is 2.82. The summed E-state index contributed by atoms with van der Waals surface area (Å²) in [5, 5.41) is 10.0. The van der Waals surface area contributed by atoms with Crippen molar-refractivity contribution < 1.29 is 9.90 Å². The number of amides is 1. The lowest BCUT2D eigenvalue weighted by atomic mass is 9.90. The fourth-order valence-electron chi connectivity index (χ4n) is 2.82. The molecule has 4 nitrogen and oxygen atoms in total. The van der Waals surface area contributed by atoms with Crippen LogP contribution in [0.15, 0.2) is 30.5 Å². The van der Waals surface area contributed by atoms with Crippen LogP contribution in [0.25, 0.3) is 10.9 Å². The van der Waals surface area contributed by atoms with Crippen LogP contribution in [0.2, 0.25) is 0 Å². The van der Waals surface area contributed by atoms with Crippen molar-refractivity contribution in [3.63, 3.8) is 0 Å². The summed E-state index contributed by atoms with van der Waals surface area (Å²) in [6.07, 6.45) is 5.87. The molecule has 0 saturated heterocycles. The number of aromatic nitrogens is 1. The minimum absolute atomic E-state index is 0.0911. The van der Waals surface area contributed by atoms with Gasteiger partial charge in [-0.15, -0.1) is 0 Å². The molecule has 1 fully saturated rings. The summed E-state index contributed by atoms with van der Waals surface area (Å²) in [4.78, 5) is 17.9. The monoisotopic (exact) mass is 272 g/mol. The highest BCUT2D eigenvalue weighted by Crippen LogP contribution is 2.28. The average Bonchev–Trinajstić information content (AvgIpc) is 2.88. The number of aliphatic hydroxyl groups excluding tert-OH is 1. The number of carbonyl (C=O) groups excluding carboxylic acids is 1. The van der Waals surface area contributed by atoms with Crippen molar-refractivity contribution in [1.82, 2.24) is 9.88 Å². The number of nitrogens with one attached hydrogen (secondary N) is 1. The Labute approximate surface area is 118 Å². The Morgan fingerprint density at radius 1 is 1.35 bits per heavy atom. The molecule has 106 valence electrons. The second-order valence-electron chi connectivity index (χ2n) is 5.40. The molecule has 1 aliphatic carbocycles. The lowest BCUT2D eigenvalue weighted by molar-refractivity contribution is 0.0564. The van der Waals surface area contributed by atoms with E-state index in [1.54, 1.807) is 0 Å². The molecular weight excluding hydrogens is 252 g/mol. The highest BCUT2D eigenvalue weighted by Gasteiger charge is 2.29. The molecule has 1 aromatic carbocycles. The Balaban J connectivity index is 1.89. The van der Waals surface area contributed by atoms with E-state index >= 15 is 0 Å². The van der Waals surface area contributed by atoms with Gasteiger partial charge in [-0.25, -0.2) is 0 Å². The summed E-state index contributed by atoms with van der Waals surface area (Å²) in [7, 11) is 0. The average molecular weight is 272 g/mol. The van der Waals surface area contributed by atoms with Gasteiger partial charge in [-0.2, -0.15) is 0 Å². The van der Waals surface area contributed by atoms with Gasteiger partial charge in [0.1, 0.15) is 0 Å². The molecule has 3 rings (SSSR count). The molecule has 0 radical (unpaired) electrons. The minimum atomic E-state index is 0.0911. The Hall–Kier alpha value is -1.81. The number of aromatic amines is 1. The molecule has 1 heterocycles. The van der Waals surface area contributed by atoms with E-state index in [0.29, 0.717) is 19.0 Å². The third-order valence-corrected chi connectivity index (χ3v) is 4.16. The van der Waals surface area contributed by atoms with E-state index in [9.17, 15) is 4.79 Å². The number of hydrogen-bond donors (Lipinski definition) is 2. The van der Waals surface area contributed by atoms with E-state index in [0.717, 1.165) is 29.3 Å². The Morgan fingerprint density at radius 3 is 2.90 bits per heavy atom. The van der Waals surface area contributed by atoms with Crippen molar-refractivity contribution in [2.24, 2.45) is 0 Å². The normalized spacial score (nSPS) is 15.2. The summed E-state index contributed by atoms with van der Waals surface area (Å²) in [6, 6.07) is 8.09. The number of nitrogens with zero attached hydrogens (tertiary/aromatic N) is 1. The van der Waals surface area contributed by atoms with Gasteiger partial charge in [-0.05, 0) is 43.9 Å². The second kappa shape index (κ2) is 5.67. The van der Waals surface area contributed by atoms with E-state index in [-0.39, 0.29) is 12.5 Å². The van der Waals surface area contributed by atoms with Gasteiger partial charge in [0.15, 0.2) is 0 Å². The van der Waals surface area contributed by atoms with Crippen LogP contribution in [0, 0.1) is 0 Å². The molecule has 1 aliphatic rings. The van der Waals surface area contributed by atoms with Gasteiger partial charge in [-0.1, -0.05) is 6.07 Å². The number of benzene rings is 1. The van der Waals surface area contributed by atoms with Gasteiger partial charge < -0.3 is 15.0 Å². The fraction of sp³-hybridized carbons (Fsp3) is 0.438. The van der Waals surface area contributed by atoms with E-state index in [2.05, 4.69) is 4.98 Å². The molecule has 1 amide bonds. The molecule has 1 aromatic heterocycles. The van der Waals surface area contributed by atoms with Gasteiger partial charge in [0.2, 0.25) is 0 Å². The van der Waals surface area contributed by atoms with Crippen LogP contribution < -0.4 is 0 Å². The Bertz CT molecular complexity index is 601. The third-order valence-electron chi connectivity index (χ3n) is 4.16. The maximum Gasteiger partial charge on any atom is 0.254 e. The molecule has 0 bridgehead atoms. The third kappa shape index (κ3) is 2.31. The van der Waals surface area contributed by atoms with Crippen LogP contribution in [-0.2, 0) is 0 Å². The quantitative estimate of drug-likeness (QED) is 0.879. The molecule has 20 heavy (non-hydrogen) atoms. The Morgan fingerprint density at radius 2 is 2.20 bits per heavy atom. The number of aliphatic hydroxyl groups is 1. The smallest absolute Gasteiger partial charge is 0.254 e. The molecule has 0 spiro atoms. The van der Waals surface area contributed by atoms with Crippen LogP contribution in [0.1, 0.15) is 36.0 Å². The van der Waals surface area contributed by atoms with Gasteiger partial charge >= 0.3 is 0 Å². The largest absolute Gasteiger partial charge is 0.396 e. The predicted molar refractivity (Wildman–Crippen MR) is 78.7 cm³/mol. The first-order valence-electron chi connectivity index (χ1n) is 7.29. The van der Waals surface area contributed by atoms with E-state index in [1.807, 2.05) is 35.4 Å². The summed E-state index contributed by atoms with van der Waals surface area (Å²) < 4.78 is 0. The van der Waals surface area contributed by atoms with Crippen LogP contribution in [0.5, 0.6) is 0 Å². The van der Waals surface area contributed by atoms with Gasteiger partial charge in [0.05, 0.1) is 0 Å². The zero-order valence-corrected chi connectivity index (χ0v) is 11.5. The van der Waals surface area contributed by atoms with Gasteiger partial charge in [0.25, 0.3) is 5.91 Å². The topological polar surface area (TPSA) is 56.3 Å². The molecular formula is C16H20N2O2. The SMILES string of the molecule is O=C(c1cccc2[nH]ccc12)N(CCCO)C1CCC1.